The van der Waals surface area contributed by atoms with Crippen LogP contribution in [0.25, 0.3) is 66.3 Å². The summed E-state index contributed by atoms with van der Waals surface area (Å²) in [4.78, 5) is 0. The lowest BCUT2D eigenvalue weighted by Gasteiger charge is -2.15. The highest BCUT2D eigenvalue weighted by molar-refractivity contribution is 6.14. The highest BCUT2D eigenvalue weighted by Gasteiger charge is 2.20. The SMILES string of the molecule is CCCCCCCCCCn1c2cc(-c3ccc(OC)cc3)c(-c3ccc(OC)cc3)cc2c2cc(-c3ccc(OC)cc3)c(-c3ccc(OC)cc3)cc21. The van der Waals surface area contributed by atoms with Gasteiger partial charge in [-0.15, -0.1) is 0 Å². The number of ether oxygens (including phenoxy) is 4. The van der Waals surface area contributed by atoms with Gasteiger partial charge in [0.1, 0.15) is 23.0 Å². The van der Waals surface area contributed by atoms with E-state index in [4.69, 9.17) is 18.9 Å². The Morgan fingerprint density at radius 1 is 0.364 bits per heavy atom. The first kappa shape index (κ1) is 37.6. The zero-order valence-electron chi connectivity index (χ0n) is 33.0. The van der Waals surface area contributed by atoms with Gasteiger partial charge in [-0.25, -0.2) is 0 Å². The van der Waals surface area contributed by atoms with Crippen molar-refractivity contribution < 1.29 is 18.9 Å². The Morgan fingerprint density at radius 3 is 0.964 bits per heavy atom. The van der Waals surface area contributed by atoms with Crippen LogP contribution in [0, 0.1) is 0 Å². The second kappa shape index (κ2) is 17.6. The van der Waals surface area contributed by atoms with Crippen molar-refractivity contribution in [3.05, 3.63) is 121 Å². The molecule has 0 aliphatic heterocycles. The minimum atomic E-state index is 0.841. The standard InChI is InChI=1S/C50H53NO4/c1-6-7-8-9-10-11-12-13-30-51-49-33-45(37-18-26-41(54-4)27-19-37)43(35-14-22-39(52-2)23-15-35)31-47(49)48-32-44(36-16-24-40(53-3)25-17-36)46(34-50(48)51)38-20-28-42(55-5)29-21-38/h14-29,31-34H,6-13,30H2,1-5H3. The van der Waals surface area contributed by atoms with E-state index in [0.29, 0.717) is 0 Å². The van der Waals surface area contributed by atoms with Crippen LogP contribution >= 0.6 is 0 Å². The molecule has 0 saturated heterocycles. The monoisotopic (exact) mass is 731 g/mol. The topological polar surface area (TPSA) is 41.9 Å². The lowest BCUT2D eigenvalue weighted by molar-refractivity contribution is 0.414. The quantitative estimate of drug-likeness (QED) is 0.0875. The average molecular weight is 732 g/mol. The number of methoxy groups -OCH3 is 4. The summed E-state index contributed by atoms with van der Waals surface area (Å²) in [5.74, 6) is 3.37. The Hall–Kier alpha value is -5.68. The molecule has 0 N–H and O–H groups in total. The molecule has 0 aliphatic carbocycles. The van der Waals surface area contributed by atoms with Gasteiger partial charge in [-0.1, -0.05) is 100 Å². The number of fused-ring (bicyclic) bond motifs is 3. The third-order valence-electron chi connectivity index (χ3n) is 11.0. The van der Waals surface area contributed by atoms with E-state index in [1.807, 2.05) is 24.3 Å². The molecule has 1 heterocycles. The van der Waals surface area contributed by atoms with Crippen molar-refractivity contribution in [2.45, 2.75) is 64.8 Å². The Morgan fingerprint density at radius 2 is 0.655 bits per heavy atom. The first-order chi connectivity index (χ1) is 27.0. The molecule has 0 bridgehead atoms. The van der Waals surface area contributed by atoms with Crippen molar-refractivity contribution >= 4 is 21.8 Å². The Labute approximate surface area is 326 Å². The Kier molecular flexibility index (Phi) is 12.1. The maximum absolute atomic E-state index is 5.56. The molecule has 0 spiro atoms. The highest BCUT2D eigenvalue weighted by Crippen LogP contribution is 2.44. The van der Waals surface area contributed by atoms with E-state index in [1.165, 1.54) is 89.0 Å². The molecule has 0 radical (unpaired) electrons. The largest absolute Gasteiger partial charge is 0.497 e. The molecular weight excluding hydrogens is 679 g/mol. The van der Waals surface area contributed by atoms with Crippen LogP contribution in [0.4, 0.5) is 0 Å². The van der Waals surface area contributed by atoms with Crippen LogP contribution in [-0.4, -0.2) is 33.0 Å². The van der Waals surface area contributed by atoms with Gasteiger partial charge in [0.15, 0.2) is 0 Å². The third-order valence-corrected chi connectivity index (χ3v) is 11.0. The van der Waals surface area contributed by atoms with Gasteiger partial charge in [0.25, 0.3) is 0 Å². The smallest absolute Gasteiger partial charge is 0.118 e. The summed E-state index contributed by atoms with van der Waals surface area (Å²) >= 11 is 0. The number of hydrogen-bond donors (Lipinski definition) is 0. The van der Waals surface area contributed by atoms with Gasteiger partial charge in [0.05, 0.1) is 28.4 Å². The number of benzene rings is 6. The van der Waals surface area contributed by atoms with Gasteiger partial charge in [0.2, 0.25) is 0 Å². The molecular formula is C50H53NO4. The predicted octanol–water partition coefficient (Wildman–Crippen LogP) is 13.6. The van der Waals surface area contributed by atoms with Crippen LogP contribution in [0.1, 0.15) is 58.3 Å². The van der Waals surface area contributed by atoms with E-state index < -0.39 is 0 Å². The Bertz CT molecular complexity index is 2160. The molecule has 7 aromatic rings. The molecule has 0 saturated carbocycles. The molecule has 5 nitrogen and oxygen atoms in total. The molecule has 1 aromatic heterocycles. The molecule has 0 fully saturated rings. The van der Waals surface area contributed by atoms with Crippen LogP contribution in [0.15, 0.2) is 121 Å². The summed E-state index contributed by atoms with van der Waals surface area (Å²) in [7, 11) is 6.86. The van der Waals surface area contributed by atoms with E-state index >= 15 is 0 Å². The van der Waals surface area contributed by atoms with E-state index in [-0.39, 0.29) is 0 Å². The first-order valence-corrected chi connectivity index (χ1v) is 19.8. The van der Waals surface area contributed by atoms with E-state index in [0.717, 1.165) is 58.2 Å². The lowest BCUT2D eigenvalue weighted by Crippen LogP contribution is -1.99. The van der Waals surface area contributed by atoms with Crippen molar-refractivity contribution in [3.8, 4) is 67.5 Å². The molecule has 0 unspecified atom stereocenters. The van der Waals surface area contributed by atoms with Crippen LogP contribution in [0.2, 0.25) is 0 Å². The second-order valence-corrected chi connectivity index (χ2v) is 14.4. The highest BCUT2D eigenvalue weighted by atomic mass is 16.5. The third kappa shape index (κ3) is 8.22. The van der Waals surface area contributed by atoms with Crippen molar-refractivity contribution in [2.75, 3.05) is 28.4 Å². The lowest BCUT2D eigenvalue weighted by atomic mass is 9.90. The number of aryl methyl sites for hydroxylation is 1. The fourth-order valence-corrected chi connectivity index (χ4v) is 7.87. The Balaban J connectivity index is 1.46. The summed E-state index contributed by atoms with van der Waals surface area (Å²) in [6, 6.07) is 43.4. The van der Waals surface area contributed by atoms with Gasteiger partial charge in [-0.05, 0) is 124 Å². The summed E-state index contributed by atoms with van der Waals surface area (Å²) in [5, 5.41) is 2.49. The molecule has 6 aromatic carbocycles. The fraction of sp³-hybridized carbons (Fsp3) is 0.280. The fourth-order valence-electron chi connectivity index (χ4n) is 7.87. The number of rotatable bonds is 17. The first-order valence-electron chi connectivity index (χ1n) is 19.8. The average Bonchev–Trinajstić information content (AvgIpc) is 3.54. The van der Waals surface area contributed by atoms with E-state index in [1.54, 1.807) is 28.4 Å². The van der Waals surface area contributed by atoms with Crippen molar-refractivity contribution in [1.82, 2.24) is 4.57 Å². The summed E-state index contributed by atoms with van der Waals surface area (Å²) < 4.78 is 24.8. The van der Waals surface area contributed by atoms with Gasteiger partial charge in [0, 0.05) is 28.4 Å². The number of unbranched alkanes of at least 4 members (excludes halogenated alkanes) is 7. The number of aromatic nitrogens is 1. The maximum Gasteiger partial charge on any atom is 0.118 e. The van der Waals surface area contributed by atoms with Crippen molar-refractivity contribution in [3.63, 3.8) is 0 Å². The van der Waals surface area contributed by atoms with Crippen molar-refractivity contribution in [2.24, 2.45) is 0 Å². The maximum atomic E-state index is 5.56. The normalized spacial score (nSPS) is 11.3. The number of nitrogens with zero attached hydrogens (tertiary/aromatic N) is 1. The van der Waals surface area contributed by atoms with E-state index in [9.17, 15) is 0 Å². The summed E-state index contributed by atoms with van der Waals surface area (Å²) in [5.41, 5.74) is 11.8. The molecule has 0 aliphatic rings. The molecule has 7 rings (SSSR count). The molecule has 282 valence electrons. The number of hydrogen-bond acceptors (Lipinski definition) is 4. The minimum absolute atomic E-state index is 0.841. The van der Waals surface area contributed by atoms with Crippen molar-refractivity contribution in [1.29, 1.82) is 0 Å². The van der Waals surface area contributed by atoms with Crippen LogP contribution in [0.5, 0.6) is 23.0 Å². The minimum Gasteiger partial charge on any atom is -0.497 e. The molecule has 55 heavy (non-hydrogen) atoms. The summed E-state index contributed by atoms with van der Waals surface area (Å²) in [6.07, 6.45) is 10.2. The van der Waals surface area contributed by atoms with Gasteiger partial charge >= 0.3 is 0 Å². The predicted molar refractivity (Wildman–Crippen MR) is 230 cm³/mol. The summed E-state index contributed by atoms with van der Waals surface area (Å²) in [6.45, 7) is 3.23. The molecule has 0 atom stereocenters. The zero-order valence-corrected chi connectivity index (χ0v) is 33.0. The molecule has 0 amide bonds. The van der Waals surface area contributed by atoms with Gasteiger partial charge in [-0.2, -0.15) is 0 Å². The van der Waals surface area contributed by atoms with Gasteiger partial charge < -0.3 is 23.5 Å². The van der Waals surface area contributed by atoms with Crippen LogP contribution in [0.3, 0.4) is 0 Å². The van der Waals surface area contributed by atoms with Crippen LogP contribution < -0.4 is 18.9 Å². The van der Waals surface area contributed by atoms with Gasteiger partial charge in [-0.3, -0.25) is 0 Å². The second-order valence-electron chi connectivity index (χ2n) is 14.4. The van der Waals surface area contributed by atoms with E-state index in [2.05, 4.69) is 109 Å². The van der Waals surface area contributed by atoms with Crippen LogP contribution in [-0.2, 0) is 6.54 Å². The zero-order chi connectivity index (χ0) is 38.1. The molecule has 5 heteroatoms.